The molecule has 0 bridgehead atoms. The Morgan fingerprint density at radius 1 is 1.21 bits per heavy atom. The Morgan fingerprint density at radius 2 is 1.64 bits per heavy atom. The predicted molar refractivity (Wildman–Crippen MR) is 41.0 cm³/mol. The molecule has 0 aliphatic carbocycles. The lowest BCUT2D eigenvalue weighted by Gasteiger charge is -2.14. The topological polar surface area (TPSA) is 138 Å². The standard InChI is InChI=1S/C5H8O8S/c1-14(11,12)13-3(5(9)10)2(6)4(7)8/h2-3,6H,1H3,(H,7,8)(H,9,10). The zero-order valence-corrected chi connectivity index (χ0v) is 7.76. The van der Waals surface area contributed by atoms with E-state index >= 15 is 0 Å². The van der Waals surface area contributed by atoms with Gasteiger partial charge in [-0.1, -0.05) is 0 Å². The summed E-state index contributed by atoms with van der Waals surface area (Å²) in [6.45, 7) is 0. The molecule has 82 valence electrons. The van der Waals surface area contributed by atoms with Gasteiger partial charge in [0.1, 0.15) is 0 Å². The zero-order valence-electron chi connectivity index (χ0n) is 6.95. The minimum absolute atomic E-state index is 0.539. The quantitative estimate of drug-likeness (QED) is 0.453. The molecule has 9 heteroatoms. The van der Waals surface area contributed by atoms with Crippen LogP contribution in [0, 0.1) is 0 Å². The third-order valence-electron chi connectivity index (χ3n) is 1.06. The second-order valence-corrected chi connectivity index (χ2v) is 3.94. The van der Waals surface area contributed by atoms with Gasteiger partial charge in [-0.25, -0.2) is 9.59 Å². The van der Waals surface area contributed by atoms with E-state index in [1.807, 2.05) is 0 Å². The molecule has 2 atom stereocenters. The number of hydrogen-bond donors (Lipinski definition) is 3. The third kappa shape index (κ3) is 4.16. The van der Waals surface area contributed by atoms with Crippen molar-refractivity contribution in [3.8, 4) is 0 Å². The van der Waals surface area contributed by atoms with Crippen LogP contribution in [-0.4, -0.2) is 54.1 Å². The number of aliphatic hydroxyl groups is 1. The van der Waals surface area contributed by atoms with Gasteiger partial charge in [0.05, 0.1) is 6.26 Å². The van der Waals surface area contributed by atoms with E-state index in [-0.39, 0.29) is 0 Å². The third-order valence-corrected chi connectivity index (χ3v) is 1.62. The Hall–Kier alpha value is -1.19. The molecule has 0 saturated heterocycles. The van der Waals surface area contributed by atoms with E-state index in [0.29, 0.717) is 6.26 Å². The first-order valence-corrected chi connectivity index (χ1v) is 4.98. The van der Waals surface area contributed by atoms with Crippen molar-refractivity contribution in [2.45, 2.75) is 12.2 Å². The van der Waals surface area contributed by atoms with Crippen molar-refractivity contribution in [1.82, 2.24) is 0 Å². The van der Waals surface area contributed by atoms with Gasteiger partial charge < -0.3 is 15.3 Å². The smallest absolute Gasteiger partial charge is 0.337 e. The molecule has 3 N–H and O–H groups in total. The number of hydrogen-bond acceptors (Lipinski definition) is 6. The van der Waals surface area contributed by atoms with Crippen LogP contribution in [0.25, 0.3) is 0 Å². The number of rotatable bonds is 5. The van der Waals surface area contributed by atoms with Crippen molar-refractivity contribution >= 4 is 22.1 Å². The van der Waals surface area contributed by atoms with Crippen molar-refractivity contribution in [3.63, 3.8) is 0 Å². The van der Waals surface area contributed by atoms with Gasteiger partial charge in [-0.2, -0.15) is 8.42 Å². The highest BCUT2D eigenvalue weighted by atomic mass is 32.2. The highest BCUT2D eigenvalue weighted by molar-refractivity contribution is 7.86. The first kappa shape index (κ1) is 12.8. The van der Waals surface area contributed by atoms with E-state index in [9.17, 15) is 18.0 Å². The van der Waals surface area contributed by atoms with Crippen LogP contribution in [-0.2, 0) is 23.9 Å². The maximum Gasteiger partial charge on any atom is 0.337 e. The van der Waals surface area contributed by atoms with Gasteiger partial charge in [0.25, 0.3) is 10.1 Å². The lowest BCUT2D eigenvalue weighted by Crippen LogP contribution is -2.42. The number of carboxylic acid groups (broad SMARTS) is 2. The molecule has 0 aromatic rings. The molecule has 0 spiro atoms. The van der Waals surface area contributed by atoms with Gasteiger partial charge in [0.15, 0.2) is 6.10 Å². The van der Waals surface area contributed by atoms with Crippen LogP contribution in [0.2, 0.25) is 0 Å². The molecule has 0 aromatic heterocycles. The van der Waals surface area contributed by atoms with Crippen molar-refractivity contribution in [1.29, 1.82) is 0 Å². The highest BCUT2D eigenvalue weighted by Crippen LogP contribution is 2.04. The first-order chi connectivity index (χ1) is 6.15. The van der Waals surface area contributed by atoms with Crippen molar-refractivity contribution < 1.29 is 37.5 Å². The zero-order chi connectivity index (χ0) is 11.5. The Balaban J connectivity index is 4.79. The summed E-state index contributed by atoms with van der Waals surface area (Å²) in [5.74, 6) is -3.77. The molecule has 0 heterocycles. The highest BCUT2D eigenvalue weighted by Gasteiger charge is 2.35. The molecule has 14 heavy (non-hydrogen) atoms. The molecule has 8 nitrogen and oxygen atoms in total. The molecule has 0 aromatic carbocycles. The molecular weight excluding hydrogens is 220 g/mol. The van der Waals surface area contributed by atoms with Gasteiger partial charge in [-0.15, -0.1) is 0 Å². The molecular formula is C5H8O8S. The Kier molecular flexibility index (Phi) is 3.98. The molecule has 0 rings (SSSR count). The molecule has 0 radical (unpaired) electrons. The largest absolute Gasteiger partial charge is 0.479 e. The van der Waals surface area contributed by atoms with Crippen LogP contribution in [0.4, 0.5) is 0 Å². The normalized spacial score (nSPS) is 15.9. The Labute approximate surface area is 78.9 Å². The fourth-order valence-electron chi connectivity index (χ4n) is 0.547. The van der Waals surface area contributed by atoms with Crippen LogP contribution < -0.4 is 0 Å². The SMILES string of the molecule is CS(=O)(=O)OC(C(=O)O)C(O)C(=O)O. The maximum absolute atomic E-state index is 10.5. The first-order valence-electron chi connectivity index (χ1n) is 3.17. The average Bonchev–Trinajstić information content (AvgIpc) is 1.96. The fraction of sp³-hybridized carbons (Fsp3) is 0.600. The number of aliphatic carboxylic acids is 2. The minimum Gasteiger partial charge on any atom is -0.479 e. The van der Waals surface area contributed by atoms with Crippen LogP contribution in [0.15, 0.2) is 0 Å². The lowest BCUT2D eigenvalue weighted by molar-refractivity contribution is -0.163. The van der Waals surface area contributed by atoms with E-state index in [1.54, 1.807) is 0 Å². The van der Waals surface area contributed by atoms with Crippen molar-refractivity contribution in [2.75, 3.05) is 6.26 Å². The summed E-state index contributed by atoms with van der Waals surface area (Å²) in [4.78, 5) is 20.5. The van der Waals surface area contributed by atoms with Crippen LogP contribution in [0.5, 0.6) is 0 Å². The Morgan fingerprint density at radius 3 is 1.86 bits per heavy atom. The van der Waals surface area contributed by atoms with Gasteiger partial charge in [-0.3, -0.25) is 4.18 Å². The van der Waals surface area contributed by atoms with E-state index < -0.39 is 34.3 Å². The molecule has 0 aliphatic rings. The second-order valence-electron chi connectivity index (χ2n) is 2.34. The van der Waals surface area contributed by atoms with Crippen LogP contribution >= 0.6 is 0 Å². The summed E-state index contributed by atoms with van der Waals surface area (Å²) in [5.41, 5.74) is 0. The number of carboxylic acids is 2. The lowest BCUT2D eigenvalue weighted by atomic mass is 10.2. The minimum atomic E-state index is -4.15. The summed E-state index contributed by atoms with van der Waals surface area (Å²) in [6.07, 6.45) is -4.25. The maximum atomic E-state index is 10.5. The summed E-state index contributed by atoms with van der Waals surface area (Å²) < 4.78 is 24.8. The predicted octanol–water partition coefficient (Wildman–Crippen LogP) is -2.14. The number of carbonyl (C=O) groups is 2. The van der Waals surface area contributed by atoms with E-state index in [4.69, 9.17) is 15.3 Å². The number of aliphatic hydroxyl groups excluding tert-OH is 1. The summed E-state index contributed by atoms with van der Waals surface area (Å²) in [5, 5.41) is 25.3. The average molecular weight is 228 g/mol. The van der Waals surface area contributed by atoms with Crippen molar-refractivity contribution in [2.24, 2.45) is 0 Å². The molecule has 0 aliphatic heterocycles. The van der Waals surface area contributed by atoms with Crippen molar-refractivity contribution in [3.05, 3.63) is 0 Å². The van der Waals surface area contributed by atoms with E-state index in [0.717, 1.165) is 0 Å². The van der Waals surface area contributed by atoms with Gasteiger partial charge in [0.2, 0.25) is 6.10 Å². The van der Waals surface area contributed by atoms with E-state index in [1.165, 1.54) is 0 Å². The molecule has 0 saturated carbocycles. The fourth-order valence-corrected chi connectivity index (χ4v) is 1.11. The molecule has 2 unspecified atom stereocenters. The second kappa shape index (κ2) is 4.35. The van der Waals surface area contributed by atoms with Gasteiger partial charge in [-0.05, 0) is 0 Å². The summed E-state index contributed by atoms with van der Waals surface area (Å²) >= 11 is 0. The molecule has 0 amide bonds. The summed E-state index contributed by atoms with van der Waals surface area (Å²) in [7, 11) is -4.15. The van der Waals surface area contributed by atoms with Gasteiger partial charge in [0, 0.05) is 0 Å². The molecule has 0 fully saturated rings. The van der Waals surface area contributed by atoms with Gasteiger partial charge >= 0.3 is 11.9 Å². The van der Waals surface area contributed by atoms with E-state index in [2.05, 4.69) is 4.18 Å². The van der Waals surface area contributed by atoms with Crippen LogP contribution in [0.3, 0.4) is 0 Å². The monoisotopic (exact) mass is 228 g/mol. The van der Waals surface area contributed by atoms with Crippen LogP contribution in [0.1, 0.15) is 0 Å². The Bertz CT molecular complexity index is 330. The summed E-state index contributed by atoms with van der Waals surface area (Å²) in [6, 6.07) is 0.